The smallest absolute Gasteiger partial charge is 0.329 e. The van der Waals surface area contributed by atoms with Crippen molar-refractivity contribution in [2.75, 3.05) is 0 Å². The van der Waals surface area contributed by atoms with E-state index in [1.54, 1.807) is 18.3 Å². The highest BCUT2D eigenvalue weighted by Gasteiger charge is 2.61. The van der Waals surface area contributed by atoms with Gasteiger partial charge in [0.1, 0.15) is 47.5 Å². The van der Waals surface area contributed by atoms with Crippen LogP contribution in [0.4, 0.5) is 0 Å². The number of hydrogen-bond acceptors (Lipinski definition) is 2. The van der Waals surface area contributed by atoms with Gasteiger partial charge in [-0.2, -0.15) is 18.3 Å². The molecule has 0 aliphatic heterocycles. The van der Waals surface area contributed by atoms with E-state index in [-0.39, 0.29) is 58.5 Å². The van der Waals surface area contributed by atoms with Gasteiger partial charge in [-0.1, -0.05) is 184 Å². The van der Waals surface area contributed by atoms with Gasteiger partial charge in [-0.3, -0.25) is 9.13 Å². The molecule has 0 saturated heterocycles. The predicted molar refractivity (Wildman–Crippen MR) is 266 cm³/mol. The highest BCUT2D eigenvalue weighted by Crippen LogP contribution is 2.74. The molecular weight excluding hydrogens is 831 g/mol. The van der Waals surface area contributed by atoms with E-state index in [4.69, 9.17) is 0 Å². The lowest BCUT2D eigenvalue weighted by Crippen LogP contribution is -2.52. The molecule has 0 saturated carbocycles. The first kappa shape index (κ1) is 49.1. The maximum absolute atomic E-state index is 16.7. The molecular formula is C54H74N4O4P2+2. The zero-order chi connectivity index (χ0) is 47.3. The lowest BCUT2D eigenvalue weighted by molar-refractivity contribution is -0.577. The minimum absolute atomic E-state index is 0.0361. The van der Waals surface area contributed by atoms with Gasteiger partial charge in [-0.15, -0.1) is 0 Å². The van der Waals surface area contributed by atoms with Crippen molar-refractivity contribution in [2.24, 2.45) is 0 Å². The molecule has 0 bridgehead atoms. The quantitative estimate of drug-likeness (QED) is 0.0793. The molecule has 2 N–H and O–H groups in total. The normalized spacial score (nSPS) is 14.3. The summed E-state index contributed by atoms with van der Waals surface area (Å²) in [5, 5.41) is 0. The molecule has 0 aliphatic carbocycles. The zero-order valence-corrected chi connectivity index (χ0v) is 43.0. The Morgan fingerprint density at radius 2 is 0.578 bits per heavy atom. The average Bonchev–Trinajstić information content (AvgIpc) is 3.88. The van der Waals surface area contributed by atoms with Crippen molar-refractivity contribution in [3.63, 3.8) is 0 Å². The molecule has 0 fully saturated rings. The van der Waals surface area contributed by atoms with Gasteiger partial charge < -0.3 is 9.79 Å². The molecule has 8 nitrogen and oxygen atoms in total. The number of hydrogen-bond donors (Lipinski definition) is 2. The molecule has 342 valence electrons. The van der Waals surface area contributed by atoms with Crippen molar-refractivity contribution < 1.29 is 28.1 Å². The second-order valence-corrected chi connectivity index (χ2v) is 26.4. The lowest BCUT2D eigenvalue weighted by atomic mass is 9.92. The van der Waals surface area contributed by atoms with Crippen molar-refractivity contribution in [1.29, 1.82) is 0 Å². The second-order valence-electron chi connectivity index (χ2n) is 20.1. The summed E-state index contributed by atoms with van der Waals surface area (Å²) in [5.41, 5.74) is 10.6. The monoisotopic (exact) mass is 905 g/mol. The predicted octanol–water partition coefficient (Wildman–Crippen LogP) is 13.2. The molecule has 0 spiro atoms. The van der Waals surface area contributed by atoms with E-state index < -0.39 is 14.1 Å². The van der Waals surface area contributed by atoms with Crippen LogP contribution >= 0.6 is 14.1 Å². The van der Waals surface area contributed by atoms with Crippen LogP contribution in [0.3, 0.4) is 0 Å². The summed E-state index contributed by atoms with van der Waals surface area (Å²) in [6.45, 7) is 33.9. The fourth-order valence-corrected chi connectivity index (χ4v) is 14.3. The summed E-state index contributed by atoms with van der Waals surface area (Å²) >= 11 is 0. The van der Waals surface area contributed by atoms with Crippen LogP contribution in [0.25, 0.3) is 22.7 Å². The first-order chi connectivity index (χ1) is 30.0. The Balaban J connectivity index is 1.88. The van der Waals surface area contributed by atoms with Crippen LogP contribution < -0.4 is 20.3 Å². The average molecular weight is 905 g/mol. The van der Waals surface area contributed by atoms with Gasteiger partial charge in [0, 0.05) is 44.5 Å². The van der Waals surface area contributed by atoms with Crippen molar-refractivity contribution in [2.45, 2.75) is 158 Å². The summed E-state index contributed by atoms with van der Waals surface area (Å²) in [7, 11) is -10.9. The molecule has 2 atom stereocenters. The van der Waals surface area contributed by atoms with Gasteiger partial charge in [0.25, 0.3) is 0 Å². The minimum Gasteiger partial charge on any atom is -0.329 e. The van der Waals surface area contributed by atoms with Crippen molar-refractivity contribution in [3.8, 4) is 22.7 Å². The molecule has 4 aromatic carbocycles. The lowest BCUT2D eigenvalue weighted by Gasteiger charge is -2.23. The summed E-state index contributed by atoms with van der Waals surface area (Å²) in [6, 6.07) is 24.7. The van der Waals surface area contributed by atoms with Gasteiger partial charge in [0.15, 0.2) is 0 Å². The summed E-state index contributed by atoms with van der Waals surface area (Å²) in [6.07, 6.45) is 7.32. The Bertz CT molecular complexity index is 2300. The first-order valence-corrected chi connectivity index (χ1v) is 27.4. The van der Waals surface area contributed by atoms with Crippen LogP contribution in [0, 0.1) is 0 Å². The van der Waals surface area contributed by atoms with Gasteiger partial charge in [0.2, 0.25) is 0 Å². The second kappa shape index (κ2) is 18.9. The van der Waals surface area contributed by atoms with E-state index in [2.05, 4.69) is 159 Å². The number of benzene rings is 4. The maximum Gasteiger partial charge on any atom is 0.403 e. The topological polar surface area (TPSA) is 92.2 Å². The van der Waals surface area contributed by atoms with Crippen molar-refractivity contribution in [1.82, 2.24) is 9.13 Å². The maximum atomic E-state index is 16.7. The number of nitrogens with zero attached hydrogens (tertiary/aromatic N) is 4. The number of para-hydroxylation sites is 4. The zero-order valence-electron chi connectivity index (χ0n) is 41.3. The fourth-order valence-electron chi connectivity index (χ4n) is 9.43. The van der Waals surface area contributed by atoms with Crippen LogP contribution in [0.2, 0.25) is 0 Å². The summed E-state index contributed by atoms with van der Waals surface area (Å²) in [5.74, 6) is 0.289. The van der Waals surface area contributed by atoms with E-state index in [0.717, 1.165) is 67.3 Å². The molecule has 0 amide bonds. The SMILES string of the molecule is CC(C)c1cccc(C(C)C)c1-n1cc[n+](-c2c(C(C)C)cccc2C(C)C)c1P(=O)(O)P(=O)(O)c1n(-c2c(C(C)C)cccc2C(C)C)cc[n+]1-c1c(C(C)C)cccc1C(C)C. The number of rotatable bonds is 15. The van der Waals surface area contributed by atoms with Gasteiger partial charge in [-0.05, 0) is 47.3 Å². The standard InChI is InChI=1S/C54H72N4O4P2/c1-33(2)41-21-17-22-42(34(3)4)49(41)55-29-30-56(50-43(35(5)6)23-18-24-44(50)36(7)8)53(55)63(59,60)64(61,62)54-57(51-45(37(9)10)25-19-26-46(51)38(11)12)31-32-58(54)52-47(39(13)14)27-20-28-48(52)40(15)16/h17-40H,1-16H3/p+2. The Morgan fingerprint density at radius 1 is 0.375 bits per heavy atom. The van der Waals surface area contributed by atoms with Gasteiger partial charge in [0.05, 0.1) is 0 Å². The summed E-state index contributed by atoms with van der Waals surface area (Å²) in [4.78, 5) is 27.2. The molecule has 10 heteroatoms. The van der Waals surface area contributed by atoms with Gasteiger partial charge >= 0.3 is 25.2 Å². The number of aromatic nitrogens is 4. The third-order valence-corrected chi connectivity index (χ3v) is 18.7. The van der Waals surface area contributed by atoms with E-state index >= 15 is 9.13 Å². The highest BCUT2D eigenvalue weighted by atomic mass is 32.1. The van der Waals surface area contributed by atoms with Crippen LogP contribution in [0.15, 0.2) is 97.6 Å². The van der Waals surface area contributed by atoms with E-state index in [9.17, 15) is 9.79 Å². The minimum atomic E-state index is -5.45. The van der Waals surface area contributed by atoms with E-state index in [1.807, 2.05) is 49.1 Å². The molecule has 2 heterocycles. The molecule has 0 aliphatic rings. The molecule has 6 aromatic rings. The van der Waals surface area contributed by atoms with Crippen LogP contribution in [0.5, 0.6) is 0 Å². The van der Waals surface area contributed by atoms with Crippen LogP contribution in [-0.2, 0) is 9.13 Å². The van der Waals surface area contributed by atoms with Crippen molar-refractivity contribution >= 4 is 25.2 Å². The van der Waals surface area contributed by atoms with Crippen LogP contribution in [-0.4, -0.2) is 18.9 Å². The molecule has 6 rings (SSSR count). The molecule has 2 aromatic heterocycles. The summed E-state index contributed by atoms with van der Waals surface area (Å²) < 4.78 is 40.5. The van der Waals surface area contributed by atoms with E-state index in [1.165, 1.54) is 0 Å². The highest BCUT2D eigenvalue weighted by molar-refractivity contribution is 8.36. The van der Waals surface area contributed by atoms with Gasteiger partial charge in [-0.25, -0.2) is 0 Å². The largest absolute Gasteiger partial charge is 0.403 e. The number of imidazole rings is 2. The van der Waals surface area contributed by atoms with Crippen molar-refractivity contribution in [3.05, 3.63) is 142 Å². The van der Waals surface area contributed by atoms with Crippen LogP contribution in [0.1, 0.15) is 203 Å². The molecule has 2 unspecified atom stereocenters. The third kappa shape index (κ3) is 8.61. The molecule has 0 radical (unpaired) electrons. The fraction of sp³-hybridized carbons (Fsp3) is 0.444. The third-order valence-electron chi connectivity index (χ3n) is 12.8. The molecule has 64 heavy (non-hydrogen) atoms. The Morgan fingerprint density at radius 3 is 0.781 bits per heavy atom. The Hall–Kier alpha value is -4.32. The Labute approximate surface area is 383 Å². The first-order valence-electron chi connectivity index (χ1n) is 23.4. The van der Waals surface area contributed by atoms with E-state index in [0.29, 0.717) is 0 Å². The Kier molecular flexibility index (Phi) is 14.5.